The molecule has 10 nitrogen and oxygen atoms in total. The Morgan fingerprint density at radius 3 is 2.49 bits per heavy atom. The van der Waals surface area contributed by atoms with Crippen molar-refractivity contribution in [2.24, 2.45) is 0 Å². The Labute approximate surface area is 235 Å². The molecule has 0 N–H and O–H groups in total. The van der Waals surface area contributed by atoms with Gasteiger partial charge in [-0.1, -0.05) is 0 Å². The molecule has 0 aliphatic carbocycles. The van der Waals surface area contributed by atoms with Crippen LogP contribution in [0.4, 0.5) is 13.6 Å². The Balaban J connectivity index is 1.41. The van der Waals surface area contributed by atoms with Crippen molar-refractivity contribution in [1.82, 2.24) is 14.5 Å². The number of hydrogen-bond acceptors (Lipinski definition) is 8. The van der Waals surface area contributed by atoms with Crippen LogP contribution in [0.25, 0.3) is 10.9 Å². The summed E-state index contributed by atoms with van der Waals surface area (Å²) in [7, 11) is -3.63. The van der Waals surface area contributed by atoms with E-state index in [0.717, 1.165) is 12.1 Å². The van der Waals surface area contributed by atoms with Crippen molar-refractivity contribution < 1.29 is 31.5 Å². The fraction of sp³-hybridized carbons (Fsp3) is 0.429. The van der Waals surface area contributed by atoms with Gasteiger partial charge in [-0.2, -0.15) is 5.26 Å². The Kier molecular flexibility index (Phi) is 7.01. The highest BCUT2D eigenvalue weighted by atomic mass is 32.2. The van der Waals surface area contributed by atoms with E-state index in [9.17, 15) is 32.0 Å². The maximum absolute atomic E-state index is 14.3. The van der Waals surface area contributed by atoms with E-state index >= 15 is 0 Å². The summed E-state index contributed by atoms with van der Waals surface area (Å²) in [6.45, 7) is 5.71. The highest BCUT2D eigenvalue weighted by Crippen LogP contribution is 2.45. The number of ether oxygens (including phenoxy) is 2. The second-order valence-corrected chi connectivity index (χ2v) is 13.8. The first-order valence-electron chi connectivity index (χ1n) is 13.0. The smallest absolute Gasteiger partial charge is 0.410 e. The van der Waals surface area contributed by atoms with E-state index in [0.29, 0.717) is 5.52 Å². The van der Waals surface area contributed by atoms with Crippen LogP contribution < -0.4 is 10.3 Å². The third-order valence-electron chi connectivity index (χ3n) is 7.54. The van der Waals surface area contributed by atoms with Gasteiger partial charge in [-0.25, -0.2) is 27.0 Å². The number of halogens is 2. The lowest BCUT2D eigenvalue weighted by molar-refractivity contribution is 0.0192. The van der Waals surface area contributed by atoms with Gasteiger partial charge in [-0.3, -0.25) is 9.36 Å². The summed E-state index contributed by atoms with van der Waals surface area (Å²) < 4.78 is 66.2. The van der Waals surface area contributed by atoms with Crippen LogP contribution in [0.2, 0.25) is 0 Å². The van der Waals surface area contributed by atoms with Crippen LogP contribution >= 0.6 is 0 Å². The molecule has 1 amide bonds. The molecule has 1 atom stereocenters. The van der Waals surface area contributed by atoms with Gasteiger partial charge in [-0.15, -0.1) is 0 Å². The number of carbonyl (C=O) groups excluding carboxylic acids is 1. The number of likely N-dealkylation sites (tertiary alicyclic amines) is 1. The summed E-state index contributed by atoms with van der Waals surface area (Å²) >= 11 is 0. The molecule has 2 aliphatic rings. The van der Waals surface area contributed by atoms with E-state index in [4.69, 9.17) is 9.47 Å². The van der Waals surface area contributed by atoms with Crippen molar-refractivity contribution in [3.8, 4) is 17.6 Å². The van der Waals surface area contributed by atoms with Crippen molar-refractivity contribution in [2.45, 2.75) is 56.4 Å². The number of piperidine rings is 1. The predicted molar refractivity (Wildman–Crippen MR) is 144 cm³/mol. The van der Waals surface area contributed by atoms with Crippen molar-refractivity contribution in [3.63, 3.8) is 0 Å². The fourth-order valence-corrected chi connectivity index (χ4v) is 7.85. The number of carbonyl (C=O) groups is 1. The quantitative estimate of drug-likeness (QED) is 0.439. The zero-order valence-electron chi connectivity index (χ0n) is 22.7. The fourth-order valence-electron chi connectivity index (χ4n) is 5.46. The molecule has 13 heteroatoms. The van der Waals surface area contributed by atoms with E-state index in [-0.39, 0.29) is 49.2 Å². The summed E-state index contributed by atoms with van der Waals surface area (Å²) in [6.07, 6.45) is 1.44. The van der Waals surface area contributed by atoms with Crippen molar-refractivity contribution in [2.75, 3.05) is 18.8 Å². The summed E-state index contributed by atoms with van der Waals surface area (Å²) in [4.78, 5) is 31.8. The first kappa shape index (κ1) is 28.5. The van der Waals surface area contributed by atoms with Gasteiger partial charge in [0.1, 0.15) is 28.8 Å². The normalized spacial score (nSPS) is 19.7. The van der Waals surface area contributed by atoms with Crippen molar-refractivity contribution in [3.05, 3.63) is 64.2 Å². The van der Waals surface area contributed by atoms with Crippen LogP contribution in [0.15, 0.2) is 41.5 Å². The molecule has 2 fully saturated rings. The molecule has 5 rings (SSSR count). The van der Waals surface area contributed by atoms with E-state index < -0.39 is 60.8 Å². The molecule has 1 spiro atoms. The molecule has 0 bridgehead atoms. The molecule has 0 saturated carbocycles. The second-order valence-electron chi connectivity index (χ2n) is 11.4. The molecule has 2 aromatic carbocycles. The Morgan fingerprint density at radius 2 is 1.83 bits per heavy atom. The van der Waals surface area contributed by atoms with Gasteiger partial charge >= 0.3 is 6.09 Å². The number of hydrogen-bond donors (Lipinski definition) is 0. The molecule has 3 aromatic rings. The zero-order valence-corrected chi connectivity index (χ0v) is 23.5. The lowest BCUT2D eigenvalue weighted by Crippen LogP contribution is -2.50. The molecule has 3 heterocycles. The first-order valence-corrected chi connectivity index (χ1v) is 14.7. The summed E-state index contributed by atoms with van der Waals surface area (Å²) in [6, 6.07) is 6.68. The molecule has 216 valence electrons. The molecule has 2 aliphatic heterocycles. The van der Waals surface area contributed by atoms with Crippen LogP contribution in [0, 0.1) is 23.0 Å². The molecule has 0 unspecified atom stereocenters. The lowest BCUT2D eigenvalue weighted by Gasteiger charge is -2.38. The largest absolute Gasteiger partial charge is 0.453 e. The number of aromatic nitrogens is 2. The van der Waals surface area contributed by atoms with E-state index in [1.165, 1.54) is 34.0 Å². The molecular weight excluding hydrogens is 558 g/mol. The Hall–Kier alpha value is -4.05. The average Bonchev–Trinajstić information content (AvgIpc) is 3.15. The Morgan fingerprint density at radius 1 is 1.15 bits per heavy atom. The SMILES string of the molecule is CC(C)(C)OC(=O)N1CCC2(CC1)C[C@@H](n1cnc3ccc(Oc4c(F)ccc(F)c4C#N)cc3c1=O)CS2(=O)=O. The minimum atomic E-state index is -3.63. The predicted octanol–water partition coefficient (Wildman–Crippen LogP) is 4.47. The zero-order chi connectivity index (χ0) is 29.7. The minimum absolute atomic E-state index is 0.0276. The van der Waals surface area contributed by atoms with Gasteiger partial charge in [0.15, 0.2) is 21.4 Å². The monoisotopic (exact) mass is 586 g/mol. The van der Waals surface area contributed by atoms with Crippen molar-refractivity contribution in [1.29, 1.82) is 5.26 Å². The van der Waals surface area contributed by atoms with Gasteiger partial charge in [-0.05, 0) is 70.4 Å². The summed E-state index contributed by atoms with van der Waals surface area (Å²) in [5.74, 6) is -2.81. The summed E-state index contributed by atoms with van der Waals surface area (Å²) in [5, 5.41) is 9.32. The van der Waals surface area contributed by atoms with Gasteiger partial charge in [0.05, 0.1) is 33.8 Å². The van der Waals surface area contributed by atoms with Crippen LogP contribution in [0.3, 0.4) is 0 Å². The molecular formula is C28H28F2N4O6S. The average molecular weight is 587 g/mol. The van der Waals surface area contributed by atoms with Crippen molar-refractivity contribution >= 4 is 26.8 Å². The van der Waals surface area contributed by atoms with Gasteiger partial charge in [0, 0.05) is 13.1 Å². The van der Waals surface area contributed by atoms with Gasteiger partial charge in [0.25, 0.3) is 5.56 Å². The topological polar surface area (TPSA) is 132 Å². The van der Waals surface area contributed by atoms with E-state index in [2.05, 4.69) is 4.98 Å². The number of amides is 1. The molecule has 2 saturated heterocycles. The molecule has 1 aromatic heterocycles. The maximum Gasteiger partial charge on any atom is 0.410 e. The van der Waals surface area contributed by atoms with Crippen LogP contribution in [0.5, 0.6) is 11.5 Å². The minimum Gasteiger partial charge on any atom is -0.453 e. The van der Waals surface area contributed by atoms with E-state index in [1.54, 1.807) is 26.8 Å². The van der Waals surface area contributed by atoms with Crippen LogP contribution in [0.1, 0.15) is 51.6 Å². The molecule has 41 heavy (non-hydrogen) atoms. The standard InChI is InChI=1S/C28H28F2N4O6S/c1-27(2,3)40-26(36)33-10-8-28(9-11-33)13-17(15-41(28,37)38)34-16-32-23-7-4-18(12-19(23)25(34)35)39-24-20(14-31)21(29)5-6-22(24)30/h4-7,12,16-17H,8-11,13,15H2,1-3H3/t17-/m1/s1. The van der Waals surface area contributed by atoms with Gasteiger partial charge in [0.2, 0.25) is 0 Å². The maximum atomic E-state index is 14.3. The third kappa shape index (κ3) is 5.24. The van der Waals surface area contributed by atoms with Crippen LogP contribution in [-0.4, -0.2) is 58.2 Å². The third-order valence-corrected chi connectivity index (χ3v) is 10.3. The highest BCUT2D eigenvalue weighted by Gasteiger charge is 2.54. The number of nitrogens with zero attached hydrogens (tertiary/aromatic N) is 4. The van der Waals surface area contributed by atoms with E-state index in [1.807, 2.05) is 0 Å². The number of fused-ring (bicyclic) bond motifs is 1. The first-order chi connectivity index (χ1) is 19.2. The lowest BCUT2D eigenvalue weighted by atomic mass is 9.90. The highest BCUT2D eigenvalue weighted by molar-refractivity contribution is 7.93. The number of rotatable bonds is 3. The second kappa shape index (κ2) is 10.1. The molecule has 0 radical (unpaired) electrons. The summed E-state index contributed by atoms with van der Waals surface area (Å²) in [5.41, 5.74) is -1.52. The number of nitriles is 1. The number of benzene rings is 2. The van der Waals surface area contributed by atoms with Crippen LogP contribution in [-0.2, 0) is 14.6 Å². The Bertz CT molecular complexity index is 1750. The van der Waals surface area contributed by atoms with Gasteiger partial charge < -0.3 is 14.4 Å². The number of sulfone groups is 1.